The number of esters is 1. The van der Waals surface area contributed by atoms with E-state index in [4.69, 9.17) is 28.4 Å². The lowest BCUT2D eigenvalue weighted by molar-refractivity contribution is -0.287. The molecule has 284 valence electrons. The van der Waals surface area contributed by atoms with Crippen molar-refractivity contribution in [3.05, 3.63) is 0 Å². The topological polar surface area (TPSA) is 163 Å². The summed E-state index contributed by atoms with van der Waals surface area (Å²) in [5.74, 6) is 0.127. The molecular formula is C32H57F3O12S. The molecule has 0 aromatic carbocycles. The third-order valence-electron chi connectivity index (χ3n) is 8.98. The highest BCUT2D eigenvalue weighted by atomic mass is 32.2. The molecule has 2 heterocycles. The Hall–Kier alpha value is -0.790. The number of hydrogen-bond acceptors (Lipinski definition) is 13. The number of rotatable bonds is 18. The number of ether oxygens (including phenoxy) is 7. The Morgan fingerprint density at radius 2 is 1.38 bits per heavy atom. The molecule has 2 unspecified atom stereocenters. The van der Waals surface area contributed by atoms with E-state index in [0.717, 1.165) is 0 Å². The predicted octanol–water partition coefficient (Wildman–Crippen LogP) is 2.78. The number of aliphatic hydroxyl groups excluding tert-OH is 4. The smallest absolute Gasteiger partial charge is 0.422 e. The maximum Gasteiger partial charge on any atom is 0.422 e. The number of alkyl halides is 3. The molecule has 2 saturated heterocycles. The fourth-order valence-corrected chi connectivity index (χ4v) is 6.97. The zero-order chi connectivity index (χ0) is 36.7. The third kappa shape index (κ3) is 12.2. The molecule has 0 aromatic rings. The van der Waals surface area contributed by atoms with Crippen LogP contribution in [0.25, 0.3) is 0 Å². The van der Waals surface area contributed by atoms with Crippen LogP contribution in [0, 0.1) is 0 Å². The summed E-state index contributed by atoms with van der Waals surface area (Å²) in [6, 6.07) is 0. The Balaban J connectivity index is 1.96. The molecule has 12 nitrogen and oxygen atoms in total. The monoisotopic (exact) mass is 722 g/mol. The Morgan fingerprint density at radius 1 is 0.812 bits per heavy atom. The molecule has 2 rings (SSSR count). The van der Waals surface area contributed by atoms with Crippen molar-refractivity contribution in [2.45, 2.75) is 158 Å². The van der Waals surface area contributed by atoms with Gasteiger partial charge in [0.1, 0.15) is 48.8 Å². The molecule has 2 aliphatic heterocycles. The molecule has 2 fully saturated rings. The molecule has 16 heteroatoms. The highest BCUT2D eigenvalue weighted by Crippen LogP contribution is 2.36. The number of thioether (sulfide) groups is 1. The molecule has 0 aliphatic carbocycles. The molecular weight excluding hydrogens is 665 g/mol. The summed E-state index contributed by atoms with van der Waals surface area (Å²) >= 11 is 1.58. The van der Waals surface area contributed by atoms with E-state index >= 15 is 0 Å². The number of methoxy groups -OCH3 is 2. The van der Waals surface area contributed by atoms with Crippen LogP contribution in [0.2, 0.25) is 0 Å². The maximum absolute atomic E-state index is 12.5. The van der Waals surface area contributed by atoms with E-state index in [9.17, 15) is 38.4 Å². The second kappa shape index (κ2) is 18.1. The summed E-state index contributed by atoms with van der Waals surface area (Å²) < 4.78 is 77.2. The van der Waals surface area contributed by atoms with Crippen LogP contribution in [0.5, 0.6) is 0 Å². The van der Waals surface area contributed by atoms with Gasteiger partial charge in [-0.05, 0) is 66.6 Å². The number of hydrogen-bond donors (Lipinski definition) is 4. The van der Waals surface area contributed by atoms with E-state index in [-0.39, 0.29) is 6.42 Å². The van der Waals surface area contributed by atoms with Gasteiger partial charge in [0, 0.05) is 26.4 Å². The first-order valence-corrected chi connectivity index (χ1v) is 17.5. The summed E-state index contributed by atoms with van der Waals surface area (Å²) in [4.78, 5) is 12.1. The number of aliphatic hydroxyl groups is 4. The minimum absolute atomic E-state index is 0.124. The van der Waals surface area contributed by atoms with E-state index in [1.54, 1.807) is 53.3 Å². The van der Waals surface area contributed by atoms with E-state index in [2.05, 4.69) is 4.74 Å². The summed E-state index contributed by atoms with van der Waals surface area (Å²) in [7, 11) is 2.88. The molecule has 0 amide bonds. The molecule has 0 spiro atoms. The van der Waals surface area contributed by atoms with E-state index in [0.29, 0.717) is 31.0 Å². The van der Waals surface area contributed by atoms with Crippen molar-refractivity contribution in [3.8, 4) is 0 Å². The van der Waals surface area contributed by atoms with Crippen LogP contribution in [-0.2, 0) is 38.0 Å². The summed E-state index contributed by atoms with van der Waals surface area (Å²) in [5.41, 5.74) is -2.80. The zero-order valence-electron chi connectivity index (χ0n) is 29.5. The van der Waals surface area contributed by atoms with Crippen LogP contribution in [0.3, 0.4) is 0 Å². The SMILES string of the molecule is CCC1O[C@@H](C(C)(C)OCCSCCC(C)(C)O[C@@H]2C(CCC(=O)OCC(F)(F)F)O[C@@H](C(C)(C)OC)[C@@H](O)[C@H]2O)[C@@H](O)[C@@H](O)[C@@H]1OC. The number of carbonyl (C=O) groups excluding carboxylic acids is 1. The van der Waals surface area contributed by atoms with Crippen molar-refractivity contribution in [1.82, 2.24) is 0 Å². The largest absolute Gasteiger partial charge is 0.456 e. The second-order valence-electron chi connectivity index (χ2n) is 14.0. The second-order valence-corrected chi connectivity index (χ2v) is 15.3. The molecule has 10 atom stereocenters. The lowest BCUT2D eigenvalue weighted by Gasteiger charge is -2.49. The Labute approximate surface area is 286 Å². The molecule has 0 radical (unpaired) electrons. The van der Waals surface area contributed by atoms with Crippen molar-refractivity contribution in [2.75, 3.05) is 38.9 Å². The van der Waals surface area contributed by atoms with Crippen molar-refractivity contribution in [1.29, 1.82) is 0 Å². The van der Waals surface area contributed by atoms with Crippen LogP contribution in [0.15, 0.2) is 0 Å². The van der Waals surface area contributed by atoms with Crippen LogP contribution in [0.1, 0.15) is 74.1 Å². The van der Waals surface area contributed by atoms with Gasteiger partial charge in [0.2, 0.25) is 0 Å². The molecule has 0 aromatic heterocycles. The lowest BCUT2D eigenvalue weighted by Crippen LogP contribution is -2.65. The molecule has 48 heavy (non-hydrogen) atoms. The van der Waals surface area contributed by atoms with Gasteiger partial charge in [-0.15, -0.1) is 0 Å². The summed E-state index contributed by atoms with van der Waals surface area (Å²) in [5, 5.41) is 43.4. The number of carbonyl (C=O) groups is 1. The number of halogens is 3. The van der Waals surface area contributed by atoms with Crippen molar-refractivity contribution < 1.29 is 71.5 Å². The van der Waals surface area contributed by atoms with Crippen LogP contribution >= 0.6 is 11.8 Å². The van der Waals surface area contributed by atoms with Gasteiger partial charge in [0.15, 0.2) is 6.61 Å². The van der Waals surface area contributed by atoms with Gasteiger partial charge in [0.25, 0.3) is 0 Å². The normalized spacial score (nSPS) is 32.3. The predicted molar refractivity (Wildman–Crippen MR) is 171 cm³/mol. The zero-order valence-corrected chi connectivity index (χ0v) is 30.3. The Kier molecular flexibility index (Phi) is 16.4. The van der Waals surface area contributed by atoms with Gasteiger partial charge in [-0.3, -0.25) is 4.79 Å². The van der Waals surface area contributed by atoms with E-state index in [1.165, 1.54) is 14.2 Å². The maximum atomic E-state index is 12.5. The minimum atomic E-state index is -4.66. The quantitative estimate of drug-likeness (QED) is 0.121. The molecule has 0 bridgehead atoms. The summed E-state index contributed by atoms with van der Waals surface area (Å²) in [6.45, 7) is 11.0. The highest BCUT2D eigenvalue weighted by Gasteiger charge is 2.52. The fourth-order valence-electron chi connectivity index (χ4n) is 5.93. The van der Waals surface area contributed by atoms with Crippen molar-refractivity contribution in [3.63, 3.8) is 0 Å². The Morgan fingerprint density at radius 3 is 1.92 bits per heavy atom. The molecule has 2 aliphatic rings. The first-order chi connectivity index (χ1) is 22.1. The van der Waals surface area contributed by atoms with Gasteiger partial charge in [-0.1, -0.05) is 6.92 Å². The first-order valence-electron chi connectivity index (χ1n) is 16.3. The van der Waals surface area contributed by atoms with Gasteiger partial charge in [-0.25, -0.2) is 0 Å². The van der Waals surface area contributed by atoms with Crippen LogP contribution in [-0.4, -0.2) is 149 Å². The summed E-state index contributed by atoms with van der Waals surface area (Å²) in [6.07, 6.45) is -14.2. The Bertz CT molecular complexity index is 982. The van der Waals surface area contributed by atoms with Crippen LogP contribution in [0.4, 0.5) is 13.2 Å². The average Bonchev–Trinajstić information content (AvgIpc) is 3.00. The minimum Gasteiger partial charge on any atom is -0.456 e. The van der Waals surface area contributed by atoms with Gasteiger partial charge in [-0.2, -0.15) is 24.9 Å². The highest BCUT2D eigenvalue weighted by molar-refractivity contribution is 7.99. The van der Waals surface area contributed by atoms with Crippen molar-refractivity contribution in [2.24, 2.45) is 0 Å². The van der Waals surface area contributed by atoms with Crippen molar-refractivity contribution >= 4 is 17.7 Å². The molecule has 4 N–H and O–H groups in total. The lowest BCUT2D eigenvalue weighted by atomic mass is 9.85. The average molecular weight is 723 g/mol. The standard InChI is InChI=1S/C32H57F3O12S/c1-10-18-25(41-8)21(37)23(39)28(45-18)31(6,7)44-14-16-48-15-13-29(2,3)47-26-19(11-12-20(36)43-17-32(33,34)35)46-27(24(40)22(26)38)30(4,5)42-9/h18-19,21-28,37-40H,10-17H2,1-9H3/t18?,19?,21-,22-,23+,24+,25-,26-,27-,28-/m1/s1. The molecule has 0 saturated carbocycles. The van der Waals surface area contributed by atoms with Crippen LogP contribution < -0.4 is 0 Å². The van der Waals surface area contributed by atoms with Gasteiger partial charge < -0.3 is 53.6 Å². The fraction of sp³-hybridized carbons (Fsp3) is 0.969. The van der Waals surface area contributed by atoms with E-state index in [1.807, 2.05) is 6.92 Å². The first kappa shape index (κ1) is 43.4. The van der Waals surface area contributed by atoms with Gasteiger partial charge >= 0.3 is 12.1 Å². The van der Waals surface area contributed by atoms with E-state index < -0.39 is 103 Å². The third-order valence-corrected chi connectivity index (χ3v) is 9.92. The van der Waals surface area contributed by atoms with Gasteiger partial charge in [0.05, 0.1) is 35.6 Å².